The Bertz CT molecular complexity index is 564. The molecule has 0 spiro atoms. The van der Waals surface area contributed by atoms with E-state index in [-0.39, 0.29) is 23.4 Å². The highest BCUT2D eigenvalue weighted by molar-refractivity contribution is 7.88. The van der Waals surface area contributed by atoms with Crippen LogP contribution in [-0.4, -0.2) is 32.9 Å². The lowest BCUT2D eigenvalue weighted by atomic mass is 10.0. The molecule has 0 saturated carbocycles. The van der Waals surface area contributed by atoms with E-state index in [4.69, 9.17) is 23.2 Å². The predicted octanol–water partition coefficient (Wildman–Crippen LogP) is 2.29. The van der Waals surface area contributed by atoms with E-state index in [0.717, 1.165) is 6.26 Å². The Balaban J connectivity index is 2.70. The molecule has 1 unspecified atom stereocenters. The molecular weight excluding hydrogens is 323 g/mol. The number of nitrogens with one attached hydrogen (secondary N) is 2. The van der Waals surface area contributed by atoms with Gasteiger partial charge in [0.05, 0.1) is 11.3 Å². The van der Waals surface area contributed by atoms with E-state index in [9.17, 15) is 13.5 Å². The number of halogens is 2. The molecule has 0 aromatic heterocycles. The van der Waals surface area contributed by atoms with Gasteiger partial charge >= 0.3 is 0 Å². The first-order valence-corrected chi connectivity index (χ1v) is 8.76. The molecule has 5 nitrogen and oxygen atoms in total. The molecule has 0 amide bonds. The molecule has 0 aliphatic carbocycles. The van der Waals surface area contributed by atoms with Crippen molar-refractivity contribution in [2.75, 3.05) is 19.3 Å². The van der Waals surface area contributed by atoms with E-state index < -0.39 is 10.0 Å². The van der Waals surface area contributed by atoms with Gasteiger partial charge in [-0.05, 0) is 12.5 Å². The van der Waals surface area contributed by atoms with Crippen molar-refractivity contribution in [1.82, 2.24) is 10.0 Å². The quantitative estimate of drug-likeness (QED) is 0.665. The fourth-order valence-corrected chi connectivity index (χ4v) is 2.59. The first-order chi connectivity index (χ1) is 9.26. The second-order valence-corrected chi connectivity index (χ2v) is 7.00. The molecule has 0 bridgehead atoms. The molecule has 1 rings (SSSR count). The highest BCUT2D eigenvalue weighted by Crippen LogP contribution is 2.37. The summed E-state index contributed by atoms with van der Waals surface area (Å²) < 4.78 is 24.3. The number of benzene rings is 1. The maximum absolute atomic E-state index is 10.9. The number of aromatic hydroxyl groups is 1. The molecule has 8 heteroatoms. The first-order valence-electron chi connectivity index (χ1n) is 6.11. The lowest BCUT2D eigenvalue weighted by Crippen LogP contribution is -2.32. The lowest BCUT2D eigenvalue weighted by Gasteiger charge is -2.19. The van der Waals surface area contributed by atoms with Gasteiger partial charge in [-0.1, -0.05) is 36.2 Å². The van der Waals surface area contributed by atoms with Crippen LogP contribution in [0, 0.1) is 0 Å². The molecule has 114 valence electrons. The van der Waals surface area contributed by atoms with E-state index in [1.807, 2.05) is 6.92 Å². The second kappa shape index (κ2) is 7.47. The van der Waals surface area contributed by atoms with Crippen molar-refractivity contribution in [2.45, 2.75) is 19.4 Å². The largest absolute Gasteiger partial charge is 0.506 e. The number of hydrogen-bond acceptors (Lipinski definition) is 4. The minimum absolute atomic E-state index is 0.0467. The summed E-state index contributed by atoms with van der Waals surface area (Å²) in [7, 11) is -3.19. The summed E-state index contributed by atoms with van der Waals surface area (Å²) in [6.07, 6.45) is 1.82. The van der Waals surface area contributed by atoms with Crippen LogP contribution in [0.15, 0.2) is 12.1 Å². The minimum atomic E-state index is -3.19. The third-order valence-corrected chi connectivity index (χ3v) is 4.29. The van der Waals surface area contributed by atoms with Crippen molar-refractivity contribution in [3.05, 3.63) is 27.7 Å². The molecule has 0 aliphatic rings. The molecule has 1 aromatic rings. The molecule has 1 aromatic carbocycles. The van der Waals surface area contributed by atoms with Gasteiger partial charge in [0.2, 0.25) is 10.0 Å². The number of sulfonamides is 1. The van der Waals surface area contributed by atoms with Crippen LogP contribution in [-0.2, 0) is 10.0 Å². The maximum Gasteiger partial charge on any atom is 0.208 e. The monoisotopic (exact) mass is 340 g/mol. The summed E-state index contributed by atoms with van der Waals surface area (Å²) in [5.74, 6) is -0.0467. The van der Waals surface area contributed by atoms with E-state index in [1.165, 1.54) is 0 Å². The van der Waals surface area contributed by atoms with E-state index in [1.54, 1.807) is 12.1 Å². The minimum Gasteiger partial charge on any atom is -0.506 e. The molecule has 1 atom stereocenters. The number of rotatable bonds is 7. The van der Waals surface area contributed by atoms with Crippen LogP contribution in [0.25, 0.3) is 0 Å². The number of hydrogen-bond donors (Lipinski definition) is 3. The molecule has 0 aliphatic heterocycles. The smallest absolute Gasteiger partial charge is 0.208 e. The van der Waals surface area contributed by atoms with Gasteiger partial charge < -0.3 is 10.4 Å². The van der Waals surface area contributed by atoms with Gasteiger partial charge in [0.25, 0.3) is 0 Å². The van der Waals surface area contributed by atoms with Crippen LogP contribution in [0.1, 0.15) is 24.9 Å². The summed E-state index contributed by atoms with van der Waals surface area (Å²) in [5.41, 5.74) is 0.640. The Kier molecular flexibility index (Phi) is 6.54. The van der Waals surface area contributed by atoms with Crippen LogP contribution in [0.2, 0.25) is 10.0 Å². The molecule has 0 radical (unpaired) electrons. The third kappa shape index (κ3) is 5.10. The predicted molar refractivity (Wildman–Crippen MR) is 82.0 cm³/mol. The SMILES string of the molecule is CCC(NCCNS(C)(=O)=O)c1ccc(Cl)c(Cl)c1O. The van der Waals surface area contributed by atoms with Crippen LogP contribution in [0.4, 0.5) is 0 Å². The Labute approximate surface area is 129 Å². The Hall–Kier alpha value is -0.530. The second-order valence-electron chi connectivity index (χ2n) is 4.38. The van der Waals surface area contributed by atoms with Gasteiger partial charge in [0, 0.05) is 24.7 Å². The van der Waals surface area contributed by atoms with Crippen molar-refractivity contribution < 1.29 is 13.5 Å². The zero-order valence-electron chi connectivity index (χ0n) is 11.3. The molecular formula is C12H18Cl2N2O3S. The highest BCUT2D eigenvalue weighted by atomic mass is 35.5. The van der Waals surface area contributed by atoms with Crippen molar-refractivity contribution >= 4 is 33.2 Å². The van der Waals surface area contributed by atoms with Gasteiger partial charge in [-0.15, -0.1) is 0 Å². The van der Waals surface area contributed by atoms with Crippen LogP contribution >= 0.6 is 23.2 Å². The van der Waals surface area contributed by atoms with Crippen molar-refractivity contribution in [1.29, 1.82) is 0 Å². The molecule has 20 heavy (non-hydrogen) atoms. The molecule has 3 N–H and O–H groups in total. The summed E-state index contributed by atoms with van der Waals surface area (Å²) >= 11 is 11.7. The average molecular weight is 341 g/mol. The highest BCUT2D eigenvalue weighted by Gasteiger charge is 2.17. The summed E-state index contributed by atoms with van der Waals surface area (Å²) in [4.78, 5) is 0. The zero-order chi connectivity index (χ0) is 15.3. The molecule has 0 saturated heterocycles. The number of phenolic OH excluding ortho intramolecular Hbond substituents is 1. The number of phenols is 1. The van der Waals surface area contributed by atoms with Gasteiger partial charge in [0.1, 0.15) is 10.8 Å². The van der Waals surface area contributed by atoms with Crippen LogP contribution in [0.3, 0.4) is 0 Å². The van der Waals surface area contributed by atoms with Crippen molar-refractivity contribution in [3.63, 3.8) is 0 Å². The summed E-state index contributed by atoms with van der Waals surface area (Å²) in [6, 6.07) is 3.19. The van der Waals surface area contributed by atoms with Crippen molar-refractivity contribution in [3.8, 4) is 5.75 Å². The molecule has 0 heterocycles. The Morgan fingerprint density at radius 3 is 2.50 bits per heavy atom. The lowest BCUT2D eigenvalue weighted by molar-refractivity contribution is 0.442. The van der Waals surface area contributed by atoms with Gasteiger partial charge in [-0.3, -0.25) is 0 Å². The summed E-state index contributed by atoms with van der Waals surface area (Å²) in [5, 5.41) is 13.6. The van der Waals surface area contributed by atoms with Gasteiger partial charge in [-0.2, -0.15) is 0 Å². The fraction of sp³-hybridized carbons (Fsp3) is 0.500. The summed E-state index contributed by atoms with van der Waals surface area (Å²) in [6.45, 7) is 2.66. The average Bonchev–Trinajstić information content (AvgIpc) is 2.36. The van der Waals surface area contributed by atoms with E-state index in [0.29, 0.717) is 23.6 Å². The van der Waals surface area contributed by atoms with Gasteiger partial charge in [0.15, 0.2) is 0 Å². The van der Waals surface area contributed by atoms with Crippen molar-refractivity contribution in [2.24, 2.45) is 0 Å². The van der Waals surface area contributed by atoms with Crippen LogP contribution < -0.4 is 10.0 Å². The first kappa shape index (κ1) is 17.5. The maximum atomic E-state index is 10.9. The van der Waals surface area contributed by atoms with E-state index in [2.05, 4.69) is 10.0 Å². The molecule has 0 fully saturated rings. The fourth-order valence-electron chi connectivity index (χ4n) is 1.79. The van der Waals surface area contributed by atoms with Gasteiger partial charge in [-0.25, -0.2) is 13.1 Å². The van der Waals surface area contributed by atoms with E-state index >= 15 is 0 Å². The third-order valence-electron chi connectivity index (χ3n) is 2.76. The topological polar surface area (TPSA) is 78.4 Å². The zero-order valence-corrected chi connectivity index (χ0v) is 13.6. The van der Waals surface area contributed by atoms with Crippen LogP contribution in [0.5, 0.6) is 5.75 Å². The Morgan fingerprint density at radius 2 is 1.95 bits per heavy atom. The standard InChI is InChI=1S/C12H18Cl2N2O3S/c1-3-10(15-6-7-16-20(2,18)19)8-4-5-9(13)11(14)12(8)17/h4-5,10,15-17H,3,6-7H2,1-2H3. The Morgan fingerprint density at radius 1 is 1.30 bits per heavy atom. The normalized spacial score (nSPS) is 13.4.